The van der Waals surface area contributed by atoms with E-state index < -0.39 is 56.7 Å². The lowest BCUT2D eigenvalue weighted by Crippen LogP contribution is -2.44. The molecule has 1 aromatic heterocycles. The molecule has 0 fully saturated rings. The first kappa shape index (κ1) is 27.8. The minimum Gasteiger partial charge on any atom is -0.374 e. The molecule has 2 heterocycles. The largest absolute Gasteiger partial charge is 0.374 e. The number of rotatable bonds is 6. The minimum absolute atomic E-state index is 0.0256. The SMILES string of the molecule is CN(C)C(=O)C(=O)N(C)[C@H]1CCCCn2c1nc(C(=O)NCc1ccc(F)cc1)c(OS(C)(=O)=O)c2=O. The number of likely N-dealkylation sites (N-methyl/N-ethyl adjacent to an activating group) is 2. The zero-order valence-corrected chi connectivity index (χ0v) is 21.7. The Morgan fingerprint density at radius 1 is 1.14 bits per heavy atom. The predicted molar refractivity (Wildman–Crippen MR) is 130 cm³/mol. The van der Waals surface area contributed by atoms with E-state index in [-0.39, 0.29) is 18.9 Å². The Kier molecular flexibility index (Phi) is 8.31. The van der Waals surface area contributed by atoms with E-state index in [1.807, 2.05) is 0 Å². The average Bonchev–Trinajstić information content (AvgIpc) is 3.05. The van der Waals surface area contributed by atoms with Crippen LogP contribution in [0.2, 0.25) is 0 Å². The van der Waals surface area contributed by atoms with E-state index >= 15 is 0 Å². The van der Waals surface area contributed by atoms with Crippen molar-refractivity contribution in [2.75, 3.05) is 27.4 Å². The highest BCUT2D eigenvalue weighted by Gasteiger charge is 2.35. The number of benzene rings is 1. The number of nitrogens with zero attached hydrogens (tertiary/aromatic N) is 4. The van der Waals surface area contributed by atoms with Gasteiger partial charge in [-0.1, -0.05) is 12.1 Å². The molecule has 1 aliphatic heterocycles. The maximum atomic E-state index is 13.4. The second-order valence-electron chi connectivity index (χ2n) is 8.83. The second kappa shape index (κ2) is 11.1. The number of hydrogen-bond donors (Lipinski definition) is 1. The number of carbonyl (C=O) groups is 3. The average molecular weight is 538 g/mol. The fraction of sp³-hybridized carbons (Fsp3) is 0.435. The summed E-state index contributed by atoms with van der Waals surface area (Å²) in [5, 5.41) is 2.52. The van der Waals surface area contributed by atoms with E-state index in [1.54, 1.807) is 0 Å². The number of nitrogens with one attached hydrogen (secondary N) is 1. The number of amides is 3. The maximum Gasteiger partial charge on any atom is 0.312 e. The van der Waals surface area contributed by atoms with E-state index in [0.29, 0.717) is 24.8 Å². The third kappa shape index (κ3) is 6.50. The van der Waals surface area contributed by atoms with E-state index in [1.165, 1.54) is 50.0 Å². The minimum atomic E-state index is -4.22. The summed E-state index contributed by atoms with van der Waals surface area (Å²) in [6.45, 7) is 0.0651. The van der Waals surface area contributed by atoms with Crippen molar-refractivity contribution < 1.29 is 31.4 Å². The first-order valence-corrected chi connectivity index (χ1v) is 13.2. The van der Waals surface area contributed by atoms with E-state index in [0.717, 1.165) is 16.1 Å². The highest BCUT2D eigenvalue weighted by Crippen LogP contribution is 2.29. The monoisotopic (exact) mass is 537 g/mol. The van der Waals surface area contributed by atoms with Gasteiger partial charge in [-0.25, -0.2) is 9.37 Å². The van der Waals surface area contributed by atoms with Crippen molar-refractivity contribution in [3.63, 3.8) is 0 Å². The Morgan fingerprint density at radius 2 is 1.78 bits per heavy atom. The van der Waals surface area contributed by atoms with Gasteiger partial charge in [-0.3, -0.25) is 23.7 Å². The Bertz CT molecular complexity index is 1370. The lowest BCUT2D eigenvalue weighted by Gasteiger charge is -2.28. The molecule has 12 nitrogen and oxygen atoms in total. The molecular weight excluding hydrogens is 509 g/mol. The first-order chi connectivity index (χ1) is 17.3. The van der Waals surface area contributed by atoms with Crippen LogP contribution in [-0.2, 0) is 32.8 Å². The van der Waals surface area contributed by atoms with Gasteiger partial charge in [-0.2, -0.15) is 8.42 Å². The van der Waals surface area contributed by atoms with Crippen molar-refractivity contribution in [3.8, 4) is 5.75 Å². The summed E-state index contributed by atoms with van der Waals surface area (Å²) in [5.41, 5.74) is -0.957. The molecule has 0 spiro atoms. The van der Waals surface area contributed by atoms with Crippen molar-refractivity contribution in [1.82, 2.24) is 24.7 Å². The summed E-state index contributed by atoms with van der Waals surface area (Å²) in [6, 6.07) is 4.46. The van der Waals surface area contributed by atoms with Gasteiger partial charge in [0, 0.05) is 34.2 Å². The van der Waals surface area contributed by atoms with Crippen LogP contribution in [0.1, 0.15) is 47.2 Å². The highest BCUT2D eigenvalue weighted by atomic mass is 32.2. The van der Waals surface area contributed by atoms with Crippen molar-refractivity contribution in [2.24, 2.45) is 0 Å². The van der Waals surface area contributed by atoms with Crippen molar-refractivity contribution in [1.29, 1.82) is 0 Å². The van der Waals surface area contributed by atoms with Gasteiger partial charge in [0.2, 0.25) is 5.75 Å². The molecule has 200 valence electrons. The predicted octanol–water partition coefficient (Wildman–Crippen LogP) is 0.422. The molecule has 3 amide bonds. The molecule has 1 aromatic carbocycles. The van der Waals surface area contributed by atoms with Gasteiger partial charge in [-0.15, -0.1) is 0 Å². The molecule has 3 rings (SSSR count). The molecule has 0 saturated carbocycles. The van der Waals surface area contributed by atoms with Gasteiger partial charge in [0.05, 0.1) is 12.3 Å². The number of halogens is 1. The Morgan fingerprint density at radius 3 is 2.38 bits per heavy atom. The molecule has 37 heavy (non-hydrogen) atoms. The smallest absolute Gasteiger partial charge is 0.312 e. The Hall–Kier alpha value is -3.81. The highest BCUT2D eigenvalue weighted by molar-refractivity contribution is 7.86. The zero-order valence-electron chi connectivity index (χ0n) is 20.9. The van der Waals surface area contributed by atoms with Gasteiger partial charge >= 0.3 is 21.9 Å². The third-order valence-corrected chi connectivity index (χ3v) is 6.23. The number of fused-ring (bicyclic) bond motifs is 1. The maximum absolute atomic E-state index is 13.4. The molecule has 1 aliphatic rings. The summed E-state index contributed by atoms with van der Waals surface area (Å²) in [6.07, 6.45) is 2.14. The van der Waals surface area contributed by atoms with Crippen LogP contribution >= 0.6 is 0 Å². The van der Waals surface area contributed by atoms with Gasteiger partial charge in [0.25, 0.3) is 11.5 Å². The summed E-state index contributed by atoms with van der Waals surface area (Å²) in [5.74, 6) is -3.74. The van der Waals surface area contributed by atoms with Crippen LogP contribution in [0.4, 0.5) is 4.39 Å². The standard InChI is InChI=1S/C23H28FN5O7S/c1-27(2)22(32)23(33)28(3)16-7-5-6-12-29-19(16)26-17(18(21(29)31)36-37(4,34)35)20(30)25-13-14-8-10-15(24)11-9-14/h8-11,16H,5-7,12-13H2,1-4H3,(H,25,30)/t16-/m0/s1. The number of carbonyl (C=O) groups excluding carboxylic acids is 3. The van der Waals surface area contributed by atoms with Crippen LogP contribution in [0, 0.1) is 5.82 Å². The molecule has 1 atom stereocenters. The van der Waals surface area contributed by atoms with Crippen molar-refractivity contribution in [2.45, 2.75) is 38.4 Å². The van der Waals surface area contributed by atoms with Crippen LogP contribution < -0.4 is 15.1 Å². The summed E-state index contributed by atoms with van der Waals surface area (Å²) in [4.78, 5) is 58.1. The van der Waals surface area contributed by atoms with Crippen LogP contribution in [0.15, 0.2) is 29.1 Å². The number of hydrogen-bond acceptors (Lipinski definition) is 8. The van der Waals surface area contributed by atoms with E-state index in [2.05, 4.69) is 10.3 Å². The van der Waals surface area contributed by atoms with Gasteiger partial charge in [-0.05, 0) is 37.0 Å². The molecule has 14 heteroatoms. The Balaban J connectivity index is 2.09. The van der Waals surface area contributed by atoms with Crippen LogP contribution in [0.5, 0.6) is 5.75 Å². The number of aromatic nitrogens is 2. The molecule has 0 saturated heterocycles. The summed E-state index contributed by atoms with van der Waals surface area (Å²) >= 11 is 0. The zero-order chi connectivity index (χ0) is 27.5. The van der Waals surface area contributed by atoms with Gasteiger partial charge in [0.15, 0.2) is 5.69 Å². The second-order valence-corrected chi connectivity index (χ2v) is 10.4. The lowest BCUT2D eigenvalue weighted by molar-refractivity contribution is -0.151. The van der Waals surface area contributed by atoms with E-state index in [4.69, 9.17) is 4.18 Å². The summed E-state index contributed by atoms with van der Waals surface area (Å²) in [7, 11) is 0.0309. The van der Waals surface area contributed by atoms with Crippen molar-refractivity contribution in [3.05, 3.63) is 57.5 Å². The molecular formula is C23H28FN5O7S. The molecule has 0 aliphatic carbocycles. The molecule has 0 bridgehead atoms. The Labute approximate surface area is 213 Å². The first-order valence-electron chi connectivity index (χ1n) is 11.4. The van der Waals surface area contributed by atoms with Crippen LogP contribution in [-0.4, -0.2) is 72.9 Å². The fourth-order valence-electron chi connectivity index (χ4n) is 3.86. The quantitative estimate of drug-likeness (QED) is 0.412. The third-order valence-electron chi connectivity index (χ3n) is 5.76. The van der Waals surface area contributed by atoms with Gasteiger partial charge < -0.3 is 19.3 Å². The normalized spacial score (nSPS) is 15.2. The summed E-state index contributed by atoms with van der Waals surface area (Å²) < 4.78 is 43.1. The van der Waals surface area contributed by atoms with Crippen LogP contribution in [0.25, 0.3) is 0 Å². The lowest BCUT2D eigenvalue weighted by atomic mass is 10.1. The molecule has 2 aromatic rings. The topological polar surface area (TPSA) is 148 Å². The molecule has 1 N–H and O–H groups in total. The van der Waals surface area contributed by atoms with Crippen LogP contribution in [0.3, 0.4) is 0 Å². The van der Waals surface area contributed by atoms with Crippen molar-refractivity contribution >= 4 is 27.8 Å². The molecule has 0 unspecified atom stereocenters. The van der Waals surface area contributed by atoms with E-state index in [9.17, 15) is 32.0 Å². The van der Waals surface area contributed by atoms with Gasteiger partial charge in [0.1, 0.15) is 11.6 Å². The fourth-order valence-corrected chi connectivity index (χ4v) is 4.31. The molecule has 0 radical (unpaired) electrons.